The summed E-state index contributed by atoms with van der Waals surface area (Å²) in [6, 6.07) is 16.4. The van der Waals surface area contributed by atoms with E-state index in [-0.39, 0.29) is 58.2 Å². The third kappa shape index (κ3) is 53.8. The summed E-state index contributed by atoms with van der Waals surface area (Å²) < 4.78 is 28.2. The second-order valence-corrected chi connectivity index (χ2v) is 34.2. The number of esters is 2. The Hall–Kier alpha value is -5.39. The summed E-state index contributed by atoms with van der Waals surface area (Å²) in [7, 11) is 1.58. The van der Waals surface area contributed by atoms with Crippen LogP contribution >= 0.6 is 0 Å². The highest BCUT2D eigenvalue weighted by Crippen LogP contribution is 2.37. The van der Waals surface area contributed by atoms with Gasteiger partial charge >= 0.3 is 11.9 Å². The number of benzene rings is 3. The zero-order chi connectivity index (χ0) is 82.2. The van der Waals surface area contributed by atoms with Crippen LogP contribution in [0.25, 0.3) is 34.2 Å². The minimum absolute atomic E-state index is 0.127. The van der Waals surface area contributed by atoms with Gasteiger partial charge in [0.05, 0.1) is 31.5 Å². The van der Waals surface area contributed by atoms with E-state index in [1.165, 1.54) is 397 Å². The number of aromatic nitrogens is 3. The molecule has 0 aliphatic rings. The van der Waals surface area contributed by atoms with E-state index in [0.717, 1.165) is 31.6 Å². The van der Waals surface area contributed by atoms with Gasteiger partial charge in [-0.3, -0.25) is 0 Å². The van der Waals surface area contributed by atoms with Crippen molar-refractivity contribution in [3.05, 3.63) is 60.7 Å². The second kappa shape index (κ2) is 72.8. The molecule has 4 aromatic rings. The third-order valence-electron chi connectivity index (χ3n) is 23.5. The number of nitrogens with zero attached hydrogens (tertiary/aromatic N) is 3. The Morgan fingerprint density at radius 3 is 0.816 bits per heavy atom. The van der Waals surface area contributed by atoms with Crippen molar-refractivity contribution in [1.29, 1.82) is 0 Å². The molecule has 4 atom stereocenters. The van der Waals surface area contributed by atoms with Crippen LogP contribution in [-0.4, -0.2) is 69.6 Å². The average Bonchev–Trinajstić information content (AvgIpc) is 0.787. The fraction of sp³-hybridized carbons (Fsp3) is 0.775. The van der Waals surface area contributed by atoms with Gasteiger partial charge in [-0.2, -0.15) is 0 Å². The molecule has 0 bridgehead atoms. The van der Waals surface area contributed by atoms with Gasteiger partial charge in [0.2, 0.25) is 0 Å². The van der Waals surface area contributed by atoms with Crippen LogP contribution in [0.3, 0.4) is 0 Å². The zero-order valence-corrected chi connectivity index (χ0v) is 75.3. The molecule has 1 aromatic heterocycles. The minimum Gasteiger partial charge on any atom is -0.507 e. The molecule has 12 nitrogen and oxygen atoms in total. The van der Waals surface area contributed by atoms with Gasteiger partial charge in [-0.05, 0) is 94.0 Å². The van der Waals surface area contributed by atoms with Gasteiger partial charge in [-0.15, -0.1) is 0 Å². The molecule has 0 radical (unpaired) electrons. The summed E-state index contributed by atoms with van der Waals surface area (Å²) in [4.78, 5) is 39.8. The highest BCUT2D eigenvalue weighted by Gasteiger charge is 2.23. The smallest absolute Gasteiger partial charge is 0.347 e. The standard InChI is InChI=1S/C66H101N3O9.C36H74/c1-7-10-12-14-16-18-20-22-24-25-27-29-31-33-35-37-39-53(38-36-34-32-30-28-26-23-21-19-17-15-13-11-8-2)50-76-66(73)52(5)78-57-45-47-59(61(71)49-57)64-68-62(54-40-42-55(74-6)43-41-54)67-63(69-64)58-46-44-56(48-60(58)70)77-51(4)65(72)75-9-3;1-4-6-8-10-12-14-16-18-20-21-23-25-27-29-31-33-35-36(3)34-32-30-28-26-24-22-19-17-15-13-11-9-7-5-2/h40-49,51-53,70-71H,7-39,50H2,1-6H3;36H,4-35H2,1-3H3. The van der Waals surface area contributed by atoms with Gasteiger partial charge in [0, 0.05) is 17.7 Å². The number of carbonyl (C=O) groups is 2. The molecule has 0 saturated heterocycles. The molecule has 114 heavy (non-hydrogen) atoms. The summed E-state index contributed by atoms with van der Waals surface area (Å²) in [5.74, 6) is 1.66. The molecule has 0 aliphatic carbocycles. The minimum atomic E-state index is -0.909. The SMILES string of the molecule is CCCCCCCCCCCCCCCCCCC(C)CCCCCCCCCCCCCCCC.CCCCCCCCCCCCCCCCCCC(CCCCCCCCCCCCCCCC)COC(=O)C(C)Oc1ccc(-c2nc(-c3ccc(OC)cc3)nc(-c3ccc(OC(C)C(=O)OCC)cc3O)n2)c(O)c1. The quantitative estimate of drug-likeness (QED) is 0.0319. The van der Waals surface area contributed by atoms with Crippen molar-refractivity contribution in [1.82, 2.24) is 15.0 Å². The molecule has 652 valence electrons. The molecule has 0 aliphatic heterocycles. The first-order chi connectivity index (χ1) is 55.9. The highest BCUT2D eigenvalue weighted by molar-refractivity contribution is 5.76. The third-order valence-corrected chi connectivity index (χ3v) is 23.5. The number of unbranched alkanes of at least 4 members (excludes halogenated alkanes) is 56. The molecule has 12 heteroatoms. The van der Waals surface area contributed by atoms with E-state index < -0.39 is 24.1 Å². The van der Waals surface area contributed by atoms with E-state index in [2.05, 4.69) is 39.6 Å². The molecule has 0 saturated carbocycles. The largest absolute Gasteiger partial charge is 0.507 e. The van der Waals surface area contributed by atoms with Crippen LogP contribution in [0.15, 0.2) is 60.7 Å². The molecule has 0 amide bonds. The first-order valence-electron chi connectivity index (χ1n) is 48.6. The summed E-state index contributed by atoms with van der Waals surface area (Å²) in [6.07, 6.45) is 87.7. The predicted molar refractivity (Wildman–Crippen MR) is 485 cm³/mol. The number of methoxy groups -OCH3 is 1. The van der Waals surface area contributed by atoms with Crippen LogP contribution in [0.5, 0.6) is 28.7 Å². The van der Waals surface area contributed by atoms with Crippen LogP contribution in [0.1, 0.15) is 466 Å². The Morgan fingerprint density at radius 1 is 0.307 bits per heavy atom. The number of ether oxygens (including phenoxy) is 5. The van der Waals surface area contributed by atoms with Crippen molar-refractivity contribution in [2.75, 3.05) is 20.3 Å². The van der Waals surface area contributed by atoms with Crippen LogP contribution in [0.2, 0.25) is 0 Å². The average molecular weight is 1590 g/mol. The Labute approximate surface area is 700 Å². The maximum Gasteiger partial charge on any atom is 0.347 e. The van der Waals surface area contributed by atoms with Crippen LogP contribution in [0.4, 0.5) is 0 Å². The first kappa shape index (κ1) is 103. The Bertz CT molecular complexity index is 2860. The van der Waals surface area contributed by atoms with Gasteiger partial charge < -0.3 is 33.9 Å². The number of aromatic hydroxyl groups is 2. The number of phenolic OH excluding ortho intramolecular Hbond substituents is 2. The number of phenols is 2. The van der Waals surface area contributed by atoms with Gasteiger partial charge in [0.15, 0.2) is 29.7 Å². The fourth-order valence-electron chi connectivity index (χ4n) is 15.9. The predicted octanol–water partition coefficient (Wildman–Crippen LogP) is 32.2. The summed E-state index contributed by atoms with van der Waals surface area (Å²) in [5, 5.41) is 22.7. The number of hydrogen-bond acceptors (Lipinski definition) is 12. The van der Waals surface area contributed by atoms with E-state index in [4.69, 9.17) is 33.7 Å². The van der Waals surface area contributed by atoms with Crippen molar-refractivity contribution in [2.24, 2.45) is 11.8 Å². The lowest BCUT2D eigenvalue weighted by Gasteiger charge is -2.20. The van der Waals surface area contributed by atoms with E-state index in [0.29, 0.717) is 23.8 Å². The Morgan fingerprint density at radius 2 is 0.553 bits per heavy atom. The molecule has 4 unspecified atom stereocenters. The molecular weight excluding hydrogens is 1410 g/mol. The molecular formula is C102H175N3O9. The van der Waals surface area contributed by atoms with Crippen molar-refractivity contribution < 1.29 is 43.5 Å². The lowest BCUT2D eigenvalue weighted by Crippen LogP contribution is -2.28. The summed E-state index contributed by atoms with van der Waals surface area (Å²) >= 11 is 0. The normalized spacial score (nSPS) is 12.5. The summed E-state index contributed by atoms with van der Waals surface area (Å²) in [6.45, 7) is 17.2. The maximum atomic E-state index is 13.5. The van der Waals surface area contributed by atoms with Gasteiger partial charge in [-0.1, -0.05) is 433 Å². The van der Waals surface area contributed by atoms with Crippen molar-refractivity contribution in [2.45, 2.75) is 479 Å². The molecule has 2 N–H and O–H groups in total. The first-order valence-corrected chi connectivity index (χ1v) is 48.6. The highest BCUT2D eigenvalue weighted by atomic mass is 16.6. The maximum absolute atomic E-state index is 13.5. The molecule has 0 fully saturated rings. The number of hydrogen-bond donors (Lipinski definition) is 2. The molecule has 0 spiro atoms. The Kier molecular flexibility index (Phi) is 65.7. The van der Waals surface area contributed by atoms with Crippen molar-refractivity contribution in [3.8, 4) is 62.9 Å². The van der Waals surface area contributed by atoms with Crippen molar-refractivity contribution >= 4 is 11.9 Å². The zero-order valence-electron chi connectivity index (χ0n) is 75.3. The van der Waals surface area contributed by atoms with E-state index in [1.54, 1.807) is 76.4 Å². The fourth-order valence-corrected chi connectivity index (χ4v) is 15.9. The van der Waals surface area contributed by atoms with Crippen LogP contribution in [0, 0.1) is 11.8 Å². The summed E-state index contributed by atoms with van der Waals surface area (Å²) in [5.41, 5.74) is 1.18. The second-order valence-electron chi connectivity index (χ2n) is 34.2. The van der Waals surface area contributed by atoms with Crippen molar-refractivity contribution in [3.63, 3.8) is 0 Å². The lowest BCUT2D eigenvalue weighted by molar-refractivity contribution is -0.152. The number of carbonyl (C=O) groups excluding carboxylic acids is 2. The van der Waals surface area contributed by atoms with E-state index in [9.17, 15) is 19.8 Å². The molecule has 3 aromatic carbocycles. The molecule has 4 rings (SSSR count). The lowest BCUT2D eigenvalue weighted by atomic mass is 9.94. The van der Waals surface area contributed by atoms with E-state index >= 15 is 0 Å². The van der Waals surface area contributed by atoms with Crippen LogP contribution < -0.4 is 14.2 Å². The van der Waals surface area contributed by atoms with Gasteiger partial charge in [0.1, 0.15) is 28.7 Å². The van der Waals surface area contributed by atoms with E-state index in [1.807, 2.05) is 0 Å². The number of rotatable bonds is 77. The Balaban J connectivity index is 0.000000783. The van der Waals surface area contributed by atoms with Gasteiger partial charge in [0.25, 0.3) is 0 Å². The van der Waals surface area contributed by atoms with Gasteiger partial charge in [-0.25, -0.2) is 24.5 Å². The topological polar surface area (TPSA) is 159 Å². The monoisotopic (exact) mass is 1590 g/mol. The van der Waals surface area contributed by atoms with Crippen LogP contribution in [-0.2, 0) is 19.1 Å². The molecule has 1 heterocycles.